The fraction of sp³-hybridized carbons (Fsp3) is 0.842. The summed E-state index contributed by atoms with van der Waals surface area (Å²) in [5.74, 6) is -0.508. The second-order valence-electron chi connectivity index (χ2n) is 7.67. The van der Waals surface area contributed by atoms with Gasteiger partial charge in [-0.15, -0.1) is 23.4 Å². The molecule has 7 nitrogen and oxygen atoms in total. The van der Waals surface area contributed by atoms with E-state index in [0.29, 0.717) is 6.42 Å². The lowest BCUT2D eigenvalue weighted by Gasteiger charge is -2.43. The number of nitrogens with one attached hydrogen (secondary N) is 1. The van der Waals surface area contributed by atoms with Gasteiger partial charge in [0.1, 0.15) is 23.7 Å². The minimum atomic E-state index is -1.33. The summed E-state index contributed by atoms with van der Waals surface area (Å²) in [7, 11) is 1.93. The zero-order valence-corrected chi connectivity index (χ0v) is 18.5. The van der Waals surface area contributed by atoms with Gasteiger partial charge in [0.15, 0.2) is 0 Å². The van der Waals surface area contributed by atoms with Crippen molar-refractivity contribution in [3.05, 3.63) is 11.6 Å². The van der Waals surface area contributed by atoms with Gasteiger partial charge in [-0.1, -0.05) is 18.6 Å². The normalized spacial score (nSPS) is 37.8. The molecular formula is C19H33ClN2O5S. The molecule has 2 aliphatic rings. The van der Waals surface area contributed by atoms with Gasteiger partial charge in [-0.3, -0.25) is 9.69 Å². The number of thioether (sulfide) groups is 1. The number of carbonyl (C=O) groups excluding carboxylic acids is 1. The Morgan fingerprint density at radius 3 is 2.64 bits per heavy atom. The van der Waals surface area contributed by atoms with Gasteiger partial charge in [0.05, 0.1) is 12.1 Å². The van der Waals surface area contributed by atoms with Gasteiger partial charge >= 0.3 is 0 Å². The largest absolute Gasteiger partial charge is 0.388 e. The van der Waals surface area contributed by atoms with Gasteiger partial charge in [0.25, 0.3) is 0 Å². The van der Waals surface area contributed by atoms with E-state index in [0.717, 1.165) is 13.0 Å². The number of hydrogen-bond acceptors (Lipinski definition) is 7. The Balaban J connectivity index is 2.03. The van der Waals surface area contributed by atoms with Crippen LogP contribution < -0.4 is 5.32 Å². The number of hydrogen-bond donors (Lipinski definition) is 4. The SMILES string of the molecule is CCC=C1C[C@@H](C(=O)NC[C@@H](C2O[C@H](SC)[C@H](O)[C@@H](O)[C@H]2O)[C@H](C)Cl)N(C)C1. The molecule has 4 N–H and O–H groups in total. The molecule has 0 aromatic heterocycles. The van der Waals surface area contributed by atoms with Crippen LogP contribution >= 0.6 is 23.4 Å². The number of allylic oxidation sites excluding steroid dienone is 1. The van der Waals surface area contributed by atoms with Crippen molar-refractivity contribution >= 4 is 29.3 Å². The Labute approximate surface area is 176 Å². The summed E-state index contributed by atoms with van der Waals surface area (Å²) in [4.78, 5) is 14.7. The van der Waals surface area contributed by atoms with Crippen LogP contribution in [0.4, 0.5) is 0 Å². The molecule has 162 valence electrons. The highest BCUT2D eigenvalue weighted by atomic mass is 35.5. The monoisotopic (exact) mass is 436 g/mol. The van der Waals surface area contributed by atoms with E-state index in [4.69, 9.17) is 16.3 Å². The lowest BCUT2D eigenvalue weighted by molar-refractivity contribution is -0.210. The van der Waals surface area contributed by atoms with Gasteiger partial charge in [-0.05, 0) is 33.1 Å². The van der Waals surface area contributed by atoms with Gasteiger partial charge in [0, 0.05) is 24.4 Å². The van der Waals surface area contributed by atoms with Crippen LogP contribution in [0.15, 0.2) is 11.6 Å². The average Bonchev–Trinajstić information content (AvgIpc) is 3.01. The van der Waals surface area contributed by atoms with Crippen molar-refractivity contribution in [2.75, 3.05) is 26.4 Å². The standard InChI is InChI=1S/C19H33ClN2O5S/c1-5-6-11-7-13(22(3)9-11)18(26)21-8-12(10(2)20)17-15(24)14(23)16(25)19(27-17)28-4/h6,10,12-17,19,23-25H,5,7-9H2,1-4H3,(H,21,26)/t10-,12+,13-,14-,15+,16+,17?,19+/m0/s1. The lowest BCUT2D eigenvalue weighted by atomic mass is 9.88. The molecule has 0 saturated carbocycles. The van der Waals surface area contributed by atoms with Gasteiger partial charge in [-0.25, -0.2) is 0 Å². The second kappa shape index (κ2) is 10.6. The number of likely N-dealkylation sites (N-methyl/N-ethyl adjacent to an activating group) is 1. The summed E-state index contributed by atoms with van der Waals surface area (Å²) in [6, 6.07) is -0.229. The second-order valence-corrected chi connectivity index (χ2v) is 9.29. The minimum Gasteiger partial charge on any atom is -0.388 e. The zero-order valence-electron chi connectivity index (χ0n) is 16.9. The maximum absolute atomic E-state index is 12.7. The molecule has 8 atom stereocenters. The highest BCUT2D eigenvalue weighted by Crippen LogP contribution is 2.32. The molecule has 2 aliphatic heterocycles. The number of ether oxygens (including phenoxy) is 1. The molecule has 0 spiro atoms. The molecule has 1 unspecified atom stereocenters. The first-order valence-electron chi connectivity index (χ1n) is 9.73. The van der Waals surface area contributed by atoms with Crippen LogP contribution in [0.5, 0.6) is 0 Å². The fourth-order valence-corrected chi connectivity index (χ4v) is 4.84. The first-order valence-corrected chi connectivity index (χ1v) is 11.5. The molecule has 2 saturated heterocycles. The Morgan fingerprint density at radius 1 is 1.39 bits per heavy atom. The van der Waals surface area contributed by atoms with E-state index >= 15 is 0 Å². The number of aliphatic hydroxyl groups is 3. The van der Waals surface area contributed by atoms with Crippen LogP contribution in [0.3, 0.4) is 0 Å². The number of nitrogens with zero attached hydrogens (tertiary/aromatic N) is 1. The third kappa shape index (κ3) is 5.41. The van der Waals surface area contributed by atoms with Gasteiger partial charge in [-0.2, -0.15) is 0 Å². The number of aliphatic hydroxyl groups excluding tert-OH is 3. The summed E-state index contributed by atoms with van der Waals surface area (Å²) < 4.78 is 5.83. The molecule has 9 heteroatoms. The van der Waals surface area contributed by atoms with Crippen molar-refractivity contribution in [1.82, 2.24) is 10.2 Å². The molecule has 2 heterocycles. The zero-order chi connectivity index (χ0) is 21.0. The van der Waals surface area contributed by atoms with Crippen LogP contribution in [0.2, 0.25) is 0 Å². The molecule has 0 aromatic rings. The Hall–Kier alpha value is -0.350. The van der Waals surface area contributed by atoms with Crippen LogP contribution in [-0.2, 0) is 9.53 Å². The van der Waals surface area contributed by atoms with E-state index in [1.807, 2.05) is 11.9 Å². The molecular weight excluding hydrogens is 404 g/mol. The van der Waals surface area contributed by atoms with Crippen molar-refractivity contribution < 1.29 is 24.9 Å². The molecule has 2 fully saturated rings. The third-order valence-electron chi connectivity index (χ3n) is 5.60. The predicted octanol–water partition coefficient (Wildman–Crippen LogP) is 0.557. The number of likely N-dealkylation sites (tertiary alicyclic amines) is 1. The van der Waals surface area contributed by atoms with Gasteiger partial charge < -0.3 is 25.4 Å². The van der Waals surface area contributed by atoms with E-state index in [9.17, 15) is 20.1 Å². The van der Waals surface area contributed by atoms with Crippen molar-refractivity contribution in [1.29, 1.82) is 0 Å². The van der Waals surface area contributed by atoms with E-state index in [1.165, 1.54) is 17.3 Å². The van der Waals surface area contributed by atoms with E-state index in [2.05, 4.69) is 18.3 Å². The number of carbonyl (C=O) groups is 1. The highest BCUT2D eigenvalue weighted by molar-refractivity contribution is 7.99. The smallest absolute Gasteiger partial charge is 0.237 e. The topological polar surface area (TPSA) is 102 Å². The van der Waals surface area contributed by atoms with Crippen molar-refractivity contribution in [3.63, 3.8) is 0 Å². The molecule has 0 aromatic carbocycles. The lowest BCUT2D eigenvalue weighted by Crippen LogP contribution is -2.60. The van der Waals surface area contributed by atoms with E-state index < -0.39 is 41.1 Å². The Bertz CT molecular complexity index is 562. The number of amides is 1. The quantitative estimate of drug-likeness (QED) is 0.341. The predicted molar refractivity (Wildman–Crippen MR) is 111 cm³/mol. The van der Waals surface area contributed by atoms with Crippen LogP contribution in [0, 0.1) is 5.92 Å². The van der Waals surface area contributed by atoms with Crippen molar-refractivity contribution in [2.45, 2.75) is 68.0 Å². The minimum absolute atomic E-state index is 0.0865. The summed E-state index contributed by atoms with van der Waals surface area (Å²) in [6.45, 7) is 4.84. The highest BCUT2D eigenvalue weighted by Gasteiger charge is 2.47. The first-order chi connectivity index (χ1) is 13.2. The van der Waals surface area contributed by atoms with Gasteiger partial charge in [0.2, 0.25) is 5.91 Å². The number of rotatable bonds is 7. The molecule has 0 radical (unpaired) electrons. The average molecular weight is 437 g/mol. The summed E-state index contributed by atoms with van der Waals surface area (Å²) >= 11 is 7.60. The molecule has 1 amide bonds. The van der Waals surface area contributed by atoms with E-state index in [1.54, 1.807) is 13.2 Å². The van der Waals surface area contributed by atoms with Crippen LogP contribution in [0.25, 0.3) is 0 Å². The summed E-state index contributed by atoms with van der Waals surface area (Å²) in [5.41, 5.74) is 0.595. The molecule has 2 rings (SSSR count). The Morgan fingerprint density at radius 2 is 2.07 bits per heavy atom. The van der Waals surface area contributed by atoms with E-state index in [-0.39, 0.29) is 18.5 Å². The molecule has 0 aliphatic carbocycles. The maximum Gasteiger partial charge on any atom is 0.237 e. The van der Waals surface area contributed by atoms with Crippen LogP contribution in [0.1, 0.15) is 26.7 Å². The third-order valence-corrected chi connectivity index (χ3v) is 6.78. The maximum atomic E-state index is 12.7. The first kappa shape index (κ1) is 23.9. The summed E-state index contributed by atoms with van der Waals surface area (Å²) in [5, 5.41) is 33.2. The number of halogens is 1. The van der Waals surface area contributed by atoms with Crippen molar-refractivity contribution in [2.24, 2.45) is 5.92 Å². The van der Waals surface area contributed by atoms with Crippen molar-refractivity contribution in [3.8, 4) is 0 Å². The Kier molecular flexibility index (Phi) is 9.07. The number of alkyl halides is 1. The molecule has 28 heavy (non-hydrogen) atoms. The molecule has 0 bridgehead atoms. The van der Waals surface area contributed by atoms with Crippen LogP contribution in [-0.4, -0.2) is 93.8 Å². The fourth-order valence-electron chi connectivity index (χ4n) is 3.93. The summed E-state index contributed by atoms with van der Waals surface area (Å²) in [6.07, 6.45) is 0.994.